The standard InChI is InChI=1S/C21H18FN3O3/c22-15-3-1-14(2-4-15)11-21(26)25-20-8-6-17(13-23-20)24-16-5-7-18-19(12-16)28-10-9-27-18/h1-8,12-13,24H,9-11H2,(H,23,25,26). The van der Waals surface area contributed by atoms with E-state index in [1.165, 1.54) is 12.1 Å². The molecule has 0 saturated heterocycles. The number of carbonyl (C=O) groups excluding carboxylic acids is 1. The molecule has 0 spiro atoms. The second-order valence-electron chi connectivity index (χ2n) is 6.27. The molecular formula is C21H18FN3O3. The normalized spacial score (nSPS) is 12.3. The Morgan fingerprint density at radius 1 is 0.964 bits per heavy atom. The zero-order valence-electron chi connectivity index (χ0n) is 14.9. The molecule has 6 nitrogen and oxygen atoms in total. The summed E-state index contributed by atoms with van der Waals surface area (Å²) in [6.45, 7) is 1.09. The van der Waals surface area contributed by atoms with E-state index in [0.29, 0.717) is 24.8 Å². The van der Waals surface area contributed by atoms with E-state index >= 15 is 0 Å². The van der Waals surface area contributed by atoms with Crippen LogP contribution in [0.2, 0.25) is 0 Å². The number of nitrogens with zero attached hydrogens (tertiary/aromatic N) is 1. The number of halogens is 1. The van der Waals surface area contributed by atoms with Crippen LogP contribution in [-0.4, -0.2) is 24.1 Å². The van der Waals surface area contributed by atoms with Crippen molar-refractivity contribution in [3.05, 3.63) is 72.2 Å². The molecule has 0 fully saturated rings. The van der Waals surface area contributed by atoms with Gasteiger partial charge >= 0.3 is 0 Å². The second kappa shape index (κ2) is 7.96. The van der Waals surface area contributed by atoms with Crippen molar-refractivity contribution in [2.24, 2.45) is 0 Å². The van der Waals surface area contributed by atoms with Crippen molar-refractivity contribution in [1.82, 2.24) is 4.98 Å². The molecule has 1 aliphatic rings. The number of fused-ring (bicyclic) bond motifs is 1. The molecule has 0 radical (unpaired) electrons. The van der Waals surface area contributed by atoms with Gasteiger partial charge in [-0.3, -0.25) is 4.79 Å². The lowest BCUT2D eigenvalue weighted by Crippen LogP contribution is -2.15. The quantitative estimate of drug-likeness (QED) is 0.703. The van der Waals surface area contributed by atoms with Gasteiger partial charge in [-0.05, 0) is 42.0 Å². The molecular weight excluding hydrogens is 361 g/mol. The van der Waals surface area contributed by atoms with Gasteiger partial charge in [0.1, 0.15) is 24.8 Å². The molecule has 1 aromatic heterocycles. The number of amides is 1. The van der Waals surface area contributed by atoms with Crippen molar-refractivity contribution in [3.63, 3.8) is 0 Å². The molecule has 0 saturated carbocycles. The zero-order valence-corrected chi connectivity index (χ0v) is 14.9. The highest BCUT2D eigenvalue weighted by Crippen LogP contribution is 2.33. The zero-order chi connectivity index (χ0) is 19.3. The Hall–Kier alpha value is -3.61. The van der Waals surface area contributed by atoms with Crippen LogP contribution in [0.1, 0.15) is 5.56 Å². The number of carbonyl (C=O) groups is 1. The molecule has 1 aliphatic heterocycles. The highest BCUT2D eigenvalue weighted by molar-refractivity contribution is 5.91. The smallest absolute Gasteiger partial charge is 0.229 e. The van der Waals surface area contributed by atoms with Crippen molar-refractivity contribution in [1.29, 1.82) is 0 Å². The first-order valence-electron chi connectivity index (χ1n) is 8.83. The average Bonchev–Trinajstić information content (AvgIpc) is 2.71. The first kappa shape index (κ1) is 17.8. The van der Waals surface area contributed by atoms with Crippen LogP contribution in [0.3, 0.4) is 0 Å². The summed E-state index contributed by atoms with van der Waals surface area (Å²) in [6, 6.07) is 15.0. The number of hydrogen-bond donors (Lipinski definition) is 2. The van der Waals surface area contributed by atoms with Crippen molar-refractivity contribution in [2.45, 2.75) is 6.42 Å². The Kier molecular flexibility index (Phi) is 5.05. The number of rotatable bonds is 5. The van der Waals surface area contributed by atoms with Gasteiger partial charge in [0, 0.05) is 11.8 Å². The summed E-state index contributed by atoms with van der Waals surface area (Å²) < 4.78 is 24.0. The van der Waals surface area contributed by atoms with Gasteiger partial charge in [-0.15, -0.1) is 0 Å². The molecule has 28 heavy (non-hydrogen) atoms. The van der Waals surface area contributed by atoms with Crippen molar-refractivity contribution >= 4 is 23.1 Å². The van der Waals surface area contributed by atoms with Crippen LogP contribution >= 0.6 is 0 Å². The highest BCUT2D eigenvalue weighted by atomic mass is 19.1. The lowest BCUT2D eigenvalue weighted by Gasteiger charge is -2.19. The Morgan fingerprint density at radius 3 is 2.46 bits per heavy atom. The minimum absolute atomic E-state index is 0.152. The van der Waals surface area contributed by atoms with Crippen LogP contribution in [0.4, 0.5) is 21.6 Å². The topological polar surface area (TPSA) is 72.5 Å². The second-order valence-corrected chi connectivity index (χ2v) is 6.27. The van der Waals surface area contributed by atoms with E-state index in [0.717, 1.165) is 22.7 Å². The number of ether oxygens (including phenoxy) is 2. The number of aromatic nitrogens is 1. The van der Waals surface area contributed by atoms with Gasteiger partial charge in [-0.1, -0.05) is 12.1 Å². The fraction of sp³-hybridized carbons (Fsp3) is 0.143. The molecule has 2 N–H and O–H groups in total. The Morgan fingerprint density at radius 2 is 1.71 bits per heavy atom. The van der Waals surface area contributed by atoms with Gasteiger partial charge in [0.25, 0.3) is 0 Å². The molecule has 0 atom stereocenters. The molecule has 0 bridgehead atoms. The van der Waals surface area contributed by atoms with E-state index in [-0.39, 0.29) is 18.1 Å². The number of nitrogens with one attached hydrogen (secondary N) is 2. The third-order valence-corrected chi connectivity index (χ3v) is 4.14. The summed E-state index contributed by atoms with van der Waals surface area (Å²) in [6.07, 6.45) is 1.78. The van der Waals surface area contributed by atoms with E-state index in [1.54, 1.807) is 24.4 Å². The van der Waals surface area contributed by atoms with Gasteiger partial charge in [0.15, 0.2) is 11.5 Å². The molecule has 2 aromatic carbocycles. The highest BCUT2D eigenvalue weighted by Gasteiger charge is 2.12. The fourth-order valence-corrected chi connectivity index (χ4v) is 2.80. The third-order valence-electron chi connectivity index (χ3n) is 4.14. The Labute approximate surface area is 161 Å². The van der Waals surface area contributed by atoms with E-state index in [2.05, 4.69) is 15.6 Å². The van der Waals surface area contributed by atoms with Gasteiger partial charge in [-0.25, -0.2) is 9.37 Å². The predicted octanol–water partition coefficient (Wildman–Crippen LogP) is 3.92. The SMILES string of the molecule is O=C(Cc1ccc(F)cc1)Nc1ccc(Nc2ccc3c(c2)OCCO3)cn1. The molecule has 4 rings (SSSR count). The molecule has 0 aliphatic carbocycles. The number of hydrogen-bond acceptors (Lipinski definition) is 5. The van der Waals surface area contributed by atoms with Crippen molar-refractivity contribution in [3.8, 4) is 11.5 Å². The molecule has 3 aromatic rings. The molecule has 1 amide bonds. The minimum atomic E-state index is -0.327. The first-order chi connectivity index (χ1) is 13.7. The summed E-state index contributed by atoms with van der Waals surface area (Å²) >= 11 is 0. The van der Waals surface area contributed by atoms with Gasteiger partial charge in [0.2, 0.25) is 5.91 Å². The minimum Gasteiger partial charge on any atom is -0.486 e. The predicted molar refractivity (Wildman–Crippen MR) is 104 cm³/mol. The van der Waals surface area contributed by atoms with Crippen LogP contribution in [0.5, 0.6) is 11.5 Å². The van der Waals surface area contributed by atoms with Gasteiger partial charge in [0.05, 0.1) is 18.3 Å². The number of anilines is 3. The molecule has 7 heteroatoms. The lowest BCUT2D eigenvalue weighted by molar-refractivity contribution is -0.115. The van der Waals surface area contributed by atoms with Crippen molar-refractivity contribution < 1.29 is 18.7 Å². The summed E-state index contributed by atoms with van der Waals surface area (Å²) in [4.78, 5) is 16.3. The van der Waals surface area contributed by atoms with E-state index in [9.17, 15) is 9.18 Å². The summed E-state index contributed by atoms with van der Waals surface area (Å²) in [5.41, 5.74) is 2.35. The third kappa shape index (κ3) is 4.37. The lowest BCUT2D eigenvalue weighted by atomic mass is 10.1. The average molecular weight is 379 g/mol. The van der Waals surface area contributed by atoms with Crippen LogP contribution in [0, 0.1) is 5.82 Å². The maximum absolute atomic E-state index is 12.9. The monoisotopic (exact) mass is 379 g/mol. The Bertz CT molecular complexity index is 975. The van der Waals surface area contributed by atoms with Crippen LogP contribution in [0.15, 0.2) is 60.8 Å². The van der Waals surface area contributed by atoms with Crippen molar-refractivity contribution in [2.75, 3.05) is 23.8 Å². The largest absolute Gasteiger partial charge is 0.486 e. The van der Waals surface area contributed by atoms with Crippen LogP contribution in [-0.2, 0) is 11.2 Å². The molecule has 2 heterocycles. The van der Waals surface area contributed by atoms with Crippen LogP contribution < -0.4 is 20.1 Å². The fourth-order valence-electron chi connectivity index (χ4n) is 2.80. The first-order valence-corrected chi connectivity index (χ1v) is 8.83. The maximum Gasteiger partial charge on any atom is 0.229 e. The summed E-state index contributed by atoms with van der Waals surface area (Å²) in [7, 11) is 0. The van der Waals surface area contributed by atoms with E-state index in [1.807, 2.05) is 24.3 Å². The summed E-state index contributed by atoms with van der Waals surface area (Å²) in [5, 5.41) is 5.96. The van der Waals surface area contributed by atoms with Crippen LogP contribution in [0.25, 0.3) is 0 Å². The van der Waals surface area contributed by atoms with E-state index < -0.39 is 0 Å². The molecule has 0 unspecified atom stereocenters. The maximum atomic E-state index is 12.9. The Balaban J connectivity index is 1.35. The van der Waals surface area contributed by atoms with Gasteiger partial charge < -0.3 is 20.1 Å². The number of benzene rings is 2. The molecule has 142 valence electrons. The van der Waals surface area contributed by atoms with E-state index in [4.69, 9.17) is 9.47 Å². The number of pyridine rings is 1. The summed E-state index contributed by atoms with van der Waals surface area (Å²) in [5.74, 6) is 1.33. The van der Waals surface area contributed by atoms with Gasteiger partial charge in [-0.2, -0.15) is 0 Å².